The van der Waals surface area contributed by atoms with Crippen LogP contribution in [0.4, 0.5) is 0 Å². The van der Waals surface area contributed by atoms with Crippen LogP contribution < -0.4 is 10.6 Å². The molecule has 14 heavy (non-hydrogen) atoms. The van der Waals surface area contributed by atoms with E-state index in [0.29, 0.717) is 0 Å². The summed E-state index contributed by atoms with van der Waals surface area (Å²) in [5.74, 6) is 0. The Morgan fingerprint density at radius 2 is 1.64 bits per heavy atom. The van der Waals surface area contributed by atoms with Gasteiger partial charge in [0, 0.05) is 13.1 Å². The fraction of sp³-hybridized carbons (Fsp3) is 0.500. The Labute approximate surface area is 86.7 Å². The van der Waals surface area contributed by atoms with Crippen LogP contribution in [0, 0.1) is 0 Å². The zero-order valence-electron chi connectivity index (χ0n) is 8.92. The molecule has 1 rings (SSSR count). The highest BCUT2D eigenvalue weighted by atomic mass is 14.9. The largest absolute Gasteiger partial charge is 0.316 e. The average molecular weight is 192 g/mol. The second kappa shape index (κ2) is 7.54. The molecule has 1 aromatic rings. The maximum atomic E-state index is 3.41. The minimum atomic E-state index is 1.06. The summed E-state index contributed by atoms with van der Waals surface area (Å²) in [6.45, 7) is 6.37. The van der Waals surface area contributed by atoms with Crippen molar-refractivity contribution in [1.82, 2.24) is 10.6 Å². The number of benzene rings is 1. The molecule has 78 valence electrons. The molecule has 0 saturated carbocycles. The Bertz CT molecular complexity index is 221. The van der Waals surface area contributed by atoms with Gasteiger partial charge in [0.25, 0.3) is 0 Å². The number of hydrogen-bond acceptors (Lipinski definition) is 2. The summed E-state index contributed by atoms with van der Waals surface area (Å²) in [5, 5.41) is 6.69. The van der Waals surface area contributed by atoms with E-state index in [1.54, 1.807) is 0 Å². The summed E-state index contributed by atoms with van der Waals surface area (Å²) in [5.41, 5.74) is 1.41. The SMILES string of the molecule is CCNCCNCCc1ccccc1. The summed E-state index contributed by atoms with van der Waals surface area (Å²) < 4.78 is 0. The lowest BCUT2D eigenvalue weighted by Crippen LogP contribution is -2.28. The summed E-state index contributed by atoms with van der Waals surface area (Å²) in [7, 11) is 0. The second-order valence-corrected chi connectivity index (χ2v) is 3.34. The van der Waals surface area contributed by atoms with E-state index in [9.17, 15) is 0 Å². The predicted molar refractivity (Wildman–Crippen MR) is 61.6 cm³/mol. The van der Waals surface area contributed by atoms with E-state index in [0.717, 1.165) is 32.6 Å². The van der Waals surface area contributed by atoms with Gasteiger partial charge in [0.05, 0.1) is 0 Å². The van der Waals surface area contributed by atoms with Gasteiger partial charge in [-0.2, -0.15) is 0 Å². The Kier molecular flexibility index (Phi) is 6.04. The van der Waals surface area contributed by atoms with Crippen LogP contribution in [0.25, 0.3) is 0 Å². The van der Waals surface area contributed by atoms with E-state index in [2.05, 4.69) is 47.9 Å². The topological polar surface area (TPSA) is 24.1 Å². The fourth-order valence-corrected chi connectivity index (χ4v) is 1.36. The van der Waals surface area contributed by atoms with Crippen molar-refractivity contribution >= 4 is 0 Å². The fourth-order valence-electron chi connectivity index (χ4n) is 1.36. The smallest absolute Gasteiger partial charge is 0.00768 e. The lowest BCUT2D eigenvalue weighted by Gasteiger charge is -2.04. The molecule has 0 unspecified atom stereocenters. The average Bonchev–Trinajstić information content (AvgIpc) is 2.25. The Morgan fingerprint density at radius 3 is 2.36 bits per heavy atom. The van der Waals surface area contributed by atoms with E-state index < -0.39 is 0 Å². The molecule has 0 fully saturated rings. The van der Waals surface area contributed by atoms with Crippen LogP contribution in [0.5, 0.6) is 0 Å². The van der Waals surface area contributed by atoms with Gasteiger partial charge in [-0.25, -0.2) is 0 Å². The van der Waals surface area contributed by atoms with Crippen LogP contribution in [-0.4, -0.2) is 26.2 Å². The molecule has 0 saturated heterocycles. The summed E-state index contributed by atoms with van der Waals surface area (Å²) in [6, 6.07) is 10.6. The van der Waals surface area contributed by atoms with E-state index in [4.69, 9.17) is 0 Å². The standard InChI is InChI=1S/C12H20N2/c1-2-13-10-11-14-9-8-12-6-4-3-5-7-12/h3-7,13-14H,2,8-11H2,1H3. The minimum absolute atomic E-state index is 1.06. The second-order valence-electron chi connectivity index (χ2n) is 3.34. The van der Waals surface area contributed by atoms with Crippen molar-refractivity contribution in [3.05, 3.63) is 35.9 Å². The predicted octanol–water partition coefficient (Wildman–Crippen LogP) is 1.43. The third-order valence-electron chi connectivity index (χ3n) is 2.16. The van der Waals surface area contributed by atoms with Crippen molar-refractivity contribution in [3.8, 4) is 0 Å². The molecular weight excluding hydrogens is 172 g/mol. The molecular formula is C12H20N2. The first kappa shape index (κ1) is 11.2. The number of rotatable bonds is 7. The first-order valence-corrected chi connectivity index (χ1v) is 5.39. The van der Waals surface area contributed by atoms with E-state index >= 15 is 0 Å². The lowest BCUT2D eigenvalue weighted by atomic mass is 10.1. The van der Waals surface area contributed by atoms with Gasteiger partial charge in [0.2, 0.25) is 0 Å². The highest BCUT2D eigenvalue weighted by molar-refractivity contribution is 5.14. The van der Waals surface area contributed by atoms with Gasteiger partial charge in [-0.1, -0.05) is 37.3 Å². The molecule has 1 aromatic carbocycles. The molecule has 0 spiro atoms. The Balaban J connectivity index is 1.99. The minimum Gasteiger partial charge on any atom is -0.316 e. The van der Waals surface area contributed by atoms with Crippen molar-refractivity contribution in [2.24, 2.45) is 0 Å². The molecule has 0 radical (unpaired) electrons. The van der Waals surface area contributed by atoms with Gasteiger partial charge in [0.15, 0.2) is 0 Å². The van der Waals surface area contributed by atoms with Crippen LogP contribution >= 0.6 is 0 Å². The molecule has 2 N–H and O–H groups in total. The molecule has 0 aliphatic carbocycles. The summed E-state index contributed by atoms with van der Waals surface area (Å²) >= 11 is 0. The summed E-state index contributed by atoms with van der Waals surface area (Å²) in [4.78, 5) is 0. The maximum Gasteiger partial charge on any atom is 0.00768 e. The number of hydrogen-bond donors (Lipinski definition) is 2. The Hall–Kier alpha value is -0.860. The third-order valence-corrected chi connectivity index (χ3v) is 2.16. The number of likely N-dealkylation sites (N-methyl/N-ethyl adjacent to an activating group) is 1. The van der Waals surface area contributed by atoms with Crippen molar-refractivity contribution < 1.29 is 0 Å². The van der Waals surface area contributed by atoms with Gasteiger partial charge in [-0.05, 0) is 25.1 Å². The monoisotopic (exact) mass is 192 g/mol. The van der Waals surface area contributed by atoms with Crippen LogP contribution in [-0.2, 0) is 6.42 Å². The van der Waals surface area contributed by atoms with Crippen molar-refractivity contribution in [2.75, 3.05) is 26.2 Å². The highest BCUT2D eigenvalue weighted by Crippen LogP contribution is 1.97. The van der Waals surface area contributed by atoms with Gasteiger partial charge < -0.3 is 10.6 Å². The molecule has 0 aliphatic rings. The molecule has 0 heterocycles. The van der Waals surface area contributed by atoms with Gasteiger partial charge in [-0.3, -0.25) is 0 Å². The molecule has 2 heteroatoms. The normalized spacial score (nSPS) is 10.4. The quantitative estimate of drug-likeness (QED) is 0.639. The molecule has 0 aromatic heterocycles. The lowest BCUT2D eigenvalue weighted by molar-refractivity contribution is 0.624. The van der Waals surface area contributed by atoms with Crippen molar-refractivity contribution in [2.45, 2.75) is 13.3 Å². The molecule has 2 nitrogen and oxygen atoms in total. The zero-order valence-corrected chi connectivity index (χ0v) is 8.92. The zero-order chi connectivity index (χ0) is 10.1. The summed E-state index contributed by atoms with van der Waals surface area (Å²) in [6.07, 6.45) is 1.12. The molecule has 0 aliphatic heterocycles. The molecule has 0 bridgehead atoms. The van der Waals surface area contributed by atoms with Crippen LogP contribution in [0.3, 0.4) is 0 Å². The third kappa shape index (κ3) is 5.00. The van der Waals surface area contributed by atoms with Crippen molar-refractivity contribution in [1.29, 1.82) is 0 Å². The first-order chi connectivity index (χ1) is 6.93. The highest BCUT2D eigenvalue weighted by Gasteiger charge is 1.90. The van der Waals surface area contributed by atoms with Gasteiger partial charge in [0.1, 0.15) is 0 Å². The molecule has 0 amide bonds. The van der Waals surface area contributed by atoms with Crippen molar-refractivity contribution in [3.63, 3.8) is 0 Å². The van der Waals surface area contributed by atoms with Gasteiger partial charge in [-0.15, -0.1) is 0 Å². The number of nitrogens with one attached hydrogen (secondary N) is 2. The first-order valence-electron chi connectivity index (χ1n) is 5.39. The van der Waals surface area contributed by atoms with Crippen LogP contribution in [0.15, 0.2) is 30.3 Å². The van der Waals surface area contributed by atoms with E-state index in [-0.39, 0.29) is 0 Å². The Morgan fingerprint density at radius 1 is 0.929 bits per heavy atom. The van der Waals surface area contributed by atoms with Crippen LogP contribution in [0.2, 0.25) is 0 Å². The van der Waals surface area contributed by atoms with Crippen LogP contribution in [0.1, 0.15) is 12.5 Å². The van der Waals surface area contributed by atoms with E-state index in [1.807, 2.05) is 0 Å². The van der Waals surface area contributed by atoms with Gasteiger partial charge >= 0.3 is 0 Å². The van der Waals surface area contributed by atoms with E-state index in [1.165, 1.54) is 5.56 Å². The molecule has 0 atom stereocenters. The maximum absolute atomic E-state index is 3.41.